The number of H-pyrrole nitrogens is 1. The van der Waals surface area contributed by atoms with E-state index in [0.29, 0.717) is 0 Å². The summed E-state index contributed by atoms with van der Waals surface area (Å²) in [5.41, 5.74) is 2.39. The number of aryl methyl sites for hydroxylation is 1. The summed E-state index contributed by atoms with van der Waals surface area (Å²) in [4.78, 5) is 3.04. The maximum Gasteiger partial charge on any atom is 0.177 e. The molecule has 0 saturated heterocycles. The van der Waals surface area contributed by atoms with Crippen LogP contribution in [0.2, 0.25) is 0 Å². The lowest BCUT2D eigenvalue weighted by Gasteiger charge is -2.05. The van der Waals surface area contributed by atoms with Crippen LogP contribution < -0.4 is 0 Å². The lowest BCUT2D eigenvalue weighted by atomic mass is 10.2. The van der Waals surface area contributed by atoms with Crippen LogP contribution in [0, 0.1) is 11.7 Å². The third-order valence-corrected chi connectivity index (χ3v) is 3.14. The number of imidazole rings is 1. The van der Waals surface area contributed by atoms with Crippen LogP contribution >= 0.6 is 28.1 Å². The molecule has 2 rings (SSSR count). The molecule has 0 unspecified atom stereocenters. The van der Waals surface area contributed by atoms with Gasteiger partial charge in [-0.25, -0.2) is 0 Å². The van der Waals surface area contributed by atoms with Crippen molar-refractivity contribution in [2.45, 2.75) is 13.5 Å². The van der Waals surface area contributed by atoms with Crippen LogP contribution in [-0.4, -0.2) is 9.55 Å². The Morgan fingerprint density at radius 1 is 1.47 bits per heavy atom. The Morgan fingerprint density at radius 3 is 2.87 bits per heavy atom. The van der Waals surface area contributed by atoms with Gasteiger partial charge in [-0.1, -0.05) is 28.1 Å². The Hall–Kier alpha value is -0.870. The maximum atomic E-state index is 5.20. The highest BCUT2D eigenvalue weighted by molar-refractivity contribution is 9.10. The smallest absolute Gasteiger partial charge is 0.177 e. The number of aromatic nitrogens is 2. The fraction of sp³-hybridized carbons (Fsp3) is 0.182. The molecular formula is C11H11BrN2S. The summed E-state index contributed by atoms with van der Waals surface area (Å²) in [7, 11) is 0. The van der Waals surface area contributed by atoms with E-state index in [4.69, 9.17) is 12.2 Å². The molecule has 0 aliphatic rings. The van der Waals surface area contributed by atoms with E-state index in [1.54, 1.807) is 0 Å². The number of halogens is 1. The fourth-order valence-electron chi connectivity index (χ4n) is 1.50. The number of nitrogens with one attached hydrogen (secondary N) is 1. The lowest BCUT2D eigenvalue weighted by Crippen LogP contribution is -2.01. The number of aromatic amines is 1. The first-order chi connectivity index (χ1) is 7.16. The minimum absolute atomic E-state index is 0.771. The van der Waals surface area contributed by atoms with Gasteiger partial charge in [0.15, 0.2) is 4.77 Å². The third-order valence-electron chi connectivity index (χ3n) is 2.31. The van der Waals surface area contributed by atoms with Gasteiger partial charge in [-0.2, -0.15) is 0 Å². The van der Waals surface area contributed by atoms with E-state index >= 15 is 0 Å². The van der Waals surface area contributed by atoms with Gasteiger partial charge >= 0.3 is 0 Å². The van der Waals surface area contributed by atoms with Crippen molar-refractivity contribution in [2.75, 3.05) is 0 Å². The highest BCUT2D eigenvalue weighted by Crippen LogP contribution is 2.13. The molecule has 0 amide bonds. The molecule has 1 aromatic carbocycles. The predicted octanol–water partition coefficient (Wildman–Crippen LogP) is 3.66. The Bertz CT molecular complexity index is 527. The largest absolute Gasteiger partial charge is 0.337 e. The van der Waals surface area contributed by atoms with Gasteiger partial charge in [-0.3, -0.25) is 0 Å². The van der Waals surface area contributed by atoms with Crippen molar-refractivity contribution in [3.63, 3.8) is 0 Å². The highest BCUT2D eigenvalue weighted by Gasteiger charge is 2.00. The highest BCUT2D eigenvalue weighted by atomic mass is 79.9. The number of nitrogens with zero attached hydrogens (tertiary/aromatic N) is 1. The summed E-state index contributed by atoms with van der Waals surface area (Å²) < 4.78 is 3.95. The van der Waals surface area contributed by atoms with Gasteiger partial charge in [-0.05, 0) is 36.8 Å². The van der Waals surface area contributed by atoms with Gasteiger partial charge in [0.2, 0.25) is 0 Å². The van der Waals surface area contributed by atoms with Crippen molar-refractivity contribution in [1.29, 1.82) is 0 Å². The molecule has 4 heteroatoms. The van der Waals surface area contributed by atoms with E-state index in [-0.39, 0.29) is 0 Å². The van der Waals surface area contributed by atoms with Gasteiger partial charge in [0.1, 0.15) is 0 Å². The number of hydrogen-bond donors (Lipinski definition) is 1. The van der Waals surface area contributed by atoms with Crippen LogP contribution in [0.3, 0.4) is 0 Å². The van der Waals surface area contributed by atoms with Gasteiger partial charge < -0.3 is 9.55 Å². The zero-order chi connectivity index (χ0) is 10.8. The molecule has 1 heterocycles. The Balaban J connectivity index is 2.33. The van der Waals surface area contributed by atoms with Gasteiger partial charge in [0.25, 0.3) is 0 Å². The van der Waals surface area contributed by atoms with Gasteiger partial charge in [0.05, 0.1) is 6.54 Å². The zero-order valence-electron chi connectivity index (χ0n) is 8.33. The van der Waals surface area contributed by atoms with E-state index in [9.17, 15) is 0 Å². The van der Waals surface area contributed by atoms with Crippen LogP contribution in [-0.2, 0) is 6.54 Å². The predicted molar refractivity (Wildman–Crippen MR) is 67.6 cm³/mol. The molecule has 0 fully saturated rings. The molecule has 0 aliphatic carbocycles. The first-order valence-electron chi connectivity index (χ1n) is 4.66. The summed E-state index contributed by atoms with van der Waals surface area (Å²) in [5.74, 6) is 0. The van der Waals surface area contributed by atoms with Gasteiger partial charge in [-0.15, -0.1) is 0 Å². The number of benzene rings is 1. The van der Waals surface area contributed by atoms with E-state index in [1.165, 1.54) is 5.56 Å². The molecule has 0 bridgehead atoms. The molecule has 0 atom stereocenters. The Morgan fingerprint density at radius 2 is 2.27 bits per heavy atom. The first-order valence-corrected chi connectivity index (χ1v) is 5.86. The van der Waals surface area contributed by atoms with Gasteiger partial charge in [0, 0.05) is 16.4 Å². The third kappa shape index (κ3) is 2.38. The van der Waals surface area contributed by atoms with E-state index in [2.05, 4.69) is 37.6 Å². The average molecular weight is 283 g/mol. The molecule has 0 spiro atoms. The Labute approximate surface area is 102 Å². The molecular weight excluding hydrogens is 272 g/mol. The fourth-order valence-corrected chi connectivity index (χ4v) is 2.21. The lowest BCUT2D eigenvalue weighted by molar-refractivity contribution is 0.758. The standard InChI is InChI=1S/C11H11BrN2S/c1-8-6-13-11(15)14(8)7-9-3-2-4-10(12)5-9/h2-6H,7H2,1H3,(H,13,15). The van der Waals surface area contributed by atoms with Crippen LogP contribution in [0.1, 0.15) is 11.3 Å². The molecule has 0 aliphatic heterocycles. The number of rotatable bonds is 2. The summed E-state index contributed by atoms with van der Waals surface area (Å²) in [6.07, 6.45) is 1.93. The minimum Gasteiger partial charge on any atom is -0.337 e. The van der Waals surface area contributed by atoms with Crippen molar-refractivity contribution in [2.24, 2.45) is 0 Å². The average Bonchev–Trinajstić information content (AvgIpc) is 2.50. The van der Waals surface area contributed by atoms with Crippen LogP contribution in [0.4, 0.5) is 0 Å². The summed E-state index contributed by atoms with van der Waals surface area (Å²) in [6, 6.07) is 8.25. The van der Waals surface area contributed by atoms with Crippen molar-refractivity contribution >= 4 is 28.1 Å². The van der Waals surface area contributed by atoms with Crippen molar-refractivity contribution < 1.29 is 0 Å². The second kappa shape index (κ2) is 4.33. The number of hydrogen-bond acceptors (Lipinski definition) is 1. The zero-order valence-corrected chi connectivity index (χ0v) is 10.7. The van der Waals surface area contributed by atoms with Crippen LogP contribution in [0.5, 0.6) is 0 Å². The molecule has 0 saturated carbocycles. The van der Waals surface area contributed by atoms with E-state index in [1.807, 2.05) is 25.3 Å². The minimum atomic E-state index is 0.771. The molecule has 0 radical (unpaired) electrons. The summed E-state index contributed by atoms with van der Waals surface area (Å²) in [5, 5.41) is 0. The second-order valence-corrected chi connectivity index (χ2v) is 4.75. The molecule has 15 heavy (non-hydrogen) atoms. The van der Waals surface area contributed by atoms with Crippen molar-refractivity contribution in [3.05, 3.63) is 51.0 Å². The molecule has 78 valence electrons. The topological polar surface area (TPSA) is 20.7 Å². The van der Waals surface area contributed by atoms with Crippen LogP contribution in [0.15, 0.2) is 34.9 Å². The van der Waals surface area contributed by atoms with Crippen molar-refractivity contribution in [3.8, 4) is 0 Å². The van der Waals surface area contributed by atoms with Crippen LogP contribution in [0.25, 0.3) is 0 Å². The van der Waals surface area contributed by atoms with E-state index in [0.717, 1.165) is 21.5 Å². The molecule has 2 nitrogen and oxygen atoms in total. The van der Waals surface area contributed by atoms with Crippen molar-refractivity contribution in [1.82, 2.24) is 9.55 Å². The molecule has 1 N–H and O–H groups in total. The molecule has 2 aromatic rings. The first kappa shape index (κ1) is 10.6. The SMILES string of the molecule is Cc1c[nH]c(=S)n1Cc1cccc(Br)c1. The second-order valence-electron chi connectivity index (χ2n) is 3.45. The normalized spacial score (nSPS) is 10.5. The Kier molecular flexibility index (Phi) is 3.07. The summed E-state index contributed by atoms with van der Waals surface area (Å²) in [6.45, 7) is 2.86. The quantitative estimate of drug-likeness (QED) is 0.834. The monoisotopic (exact) mass is 282 g/mol. The van der Waals surface area contributed by atoms with E-state index < -0.39 is 0 Å². The maximum absolute atomic E-state index is 5.20. The summed E-state index contributed by atoms with van der Waals surface area (Å²) >= 11 is 8.66. The molecule has 1 aromatic heterocycles.